The summed E-state index contributed by atoms with van der Waals surface area (Å²) in [5, 5.41) is 1.16. The minimum absolute atomic E-state index is 0.138. The van der Waals surface area contributed by atoms with Crippen LogP contribution in [0.1, 0.15) is 19.3 Å². The van der Waals surface area contributed by atoms with Crippen LogP contribution in [0.25, 0.3) is 22.3 Å². The fraction of sp³-hybridized carbons (Fsp3) is 0.318. The van der Waals surface area contributed by atoms with Crippen LogP contribution in [0.2, 0.25) is 5.02 Å². The average Bonchev–Trinajstić information content (AvgIpc) is 2.71. The molecule has 1 fully saturated rings. The summed E-state index contributed by atoms with van der Waals surface area (Å²) < 4.78 is 12.0. The molecular weight excluding hydrogens is 362 g/mol. The lowest BCUT2D eigenvalue weighted by atomic mass is 10.1. The molecule has 27 heavy (non-hydrogen) atoms. The molecule has 0 spiro atoms. The van der Waals surface area contributed by atoms with Crippen molar-refractivity contribution in [2.45, 2.75) is 19.3 Å². The summed E-state index contributed by atoms with van der Waals surface area (Å²) >= 11 is 6.01. The van der Waals surface area contributed by atoms with Crippen LogP contribution >= 0.6 is 11.6 Å². The van der Waals surface area contributed by atoms with Crippen molar-refractivity contribution in [3.8, 4) is 17.1 Å². The molecule has 0 saturated carbocycles. The molecule has 2 aromatic carbocycles. The summed E-state index contributed by atoms with van der Waals surface area (Å²) in [5.41, 5.74) is 1.19. The highest BCUT2D eigenvalue weighted by Gasteiger charge is 2.18. The maximum atomic E-state index is 13.0. The number of ether oxygens (including phenoxy) is 1. The number of piperidine rings is 1. The predicted molar refractivity (Wildman–Crippen MR) is 109 cm³/mol. The average molecular weight is 384 g/mol. The van der Waals surface area contributed by atoms with Gasteiger partial charge in [0.15, 0.2) is 5.76 Å². The highest BCUT2D eigenvalue weighted by Crippen LogP contribution is 2.31. The molecular formula is C22H22ClNO3. The molecule has 2 heterocycles. The molecule has 4 nitrogen and oxygen atoms in total. The molecule has 1 aliphatic rings. The first-order chi connectivity index (χ1) is 13.2. The van der Waals surface area contributed by atoms with Crippen molar-refractivity contribution in [2.75, 3.05) is 26.2 Å². The zero-order valence-corrected chi connectivity index (χ0v) is 15.9. The Morgan fingerprint density at radius 3 is 2.52 bits per heavy atom. The molecule has 0 aliphatic carbocycles. The molecule has 0 unspecified atom stereocenters. The Bertz CT molecular complexity index is 975. The summed E-state index contributed by atoms with van der Waals surface area (Å²) in [7, 11) is 0. The number of rotatable bonds is 5. The first-order valence-corrected chi connectivity index (χ1v) is 9.77. The third-order valence-corrected chi connectivity index (χ3v) is 5.22. The number of hydrogen-bond donors (Lipinski definition) is 0. The number of para-hydroxylation sites is 1. The van der Waals surface area contributed by atoms with Gasteiger partial charge in [-0.25, -0.2) is 0 Å². The highest BCUT2D eigenvalue weighted by molar-refractivity contribution is 6.30. The molecule has 1 saturated heterocycles. The Labute approximate surface area is 163 Å². The maximum absolute atomic E-state index is 13.0. The van der Waals surface area contributed by atoms with Crippen molar-refractivity contribution >= 4 is 22.6 Å². The zero-order valence-electron chi connectivity index (χ0n) is 15.1. The Hall–Kier alpha value is -2.30. The van der Waals surface area contributed by atoms with E-state index < -0.39 is 0 Å². The molecule has 1 aliphatic heterocycles. The quantitative estimate of drug-likeness (QED) is 0.623. The summed E-state index contributed by atoms with van der Waals surface area (Å²) in [6, 6.07) is 14.5. The fourth-order valence-corrected chi connectivity index (χ4v) is 3.63. The second-order valence-electron chi connectivity index (χ2n) is 6.84. The van der Waals surface area contributed by atoms with Crippen molar-refractivity contribution < 1.29 is 9.15 Å². The van der Waals surface area contributed by atoms with Crippen LogP contribution in [0.4, 0.5) is 0 Å². The molecule has 140 valence electrons. The molecule has 1 aromatic heterocycles. The predicted octanol–water partition coefficient (Wildman–Crippen LogP) is 4.98. The highest BCUT2D eigenvalue weighted by atomic mass is 35.5. The third kappa shape index (κ3) is 4.02. The van der Waals surface area contributed by atoms with Crippen LogP contribution in [0.15, 0.2) is 57.7 Å². The fourth-order valence-electron chi connectivity index (χ4n) is 3.51. The van der Waals surface area contributed by atoms with E-state index in [-0.39, 0.29) is 11.2 Å². The van der Waals surface area contributed by atoms with Gasteiger partial charge in [-0.2, -0.15) is 0 Å². The zero-order chi connectivity index (χ0) is 18.6. The van der Waals surface area contributed by atoms with E-state index in [4.69, 9.17) is 20.8 Å². The Kier molecular flexibility index (Phi) is 5.46. The van der Waals surface area contributed by atoms with E-state index in [1.165, 1.54) is 19.3 Å². The van der Waals surface area contributed by atoms with E-state index >= 15 is 0 Å². The van der Waals surface area contributed by atoms with Crippen LogP contribution in [-0.4, -0.2) is 31.1 Å². The lowest BCUT2D eigenvalue weighted by Crippen LogP contribution is -2.33. The van der Waals surface area contributed by atoms with E-state index in [0.29, 0.717) is 28.4 Å². The van der Waals surface area contributed by atoms with Crippen molar-refractivity contribution in [3.05, 3.63) is 63.8 Å². The standard InChI is InChI=1S/C22H22ClNO3/c23-17-10-8-16(9-11-17)21-22(26-15-14-24-12-4-1-5-13-24)20(25)18-6-2-3-7-19(18)27-21/h2-3,6-11H,1,4-5,12-15H2. The summed E-state index contributed by atoms with van der Waals surface area (Å²) in [5.74, 6) is 0.724. The smallest absolute Gasteiger partial charge is 0.235 e. The van der Waals surface area contributed by atoms with Gasteiger partial charge in [-0.3, -0.25) is 9.69 Å². The summed E-state index contributed by atoms with van der Waals surface area (Å²) in [4.78, 5) is 15.4. The number of likely N-dealkylation sites (tertiary alicyclic amines) is 1. The third-order valence-electron chi connectivity index (χ3n) is 4.97. The normalized spacial score (nSPS) is 15.1. The van der Waals surface area contributed by atoms with Gasteiger partial charge in [0.05, 0.1) is 5.39 Å². The van der Waals surface area contributed by atoms with Gasteiger partial charge in [0, 0.05) is 17.1 Å². The van der Waals surface area contributed by atoms with Gasteiger partial charge in [0.2, 0.25) is 11.2 Å². The SMILES string of the molecule is O=c1c(OCCN2CCCCC2)c(-c2ccc(Cl)cc2)oc2ccccc12. The van der Waals surface area contributed by atoms with Gasteiger partial charge in [-0.05, 0) is 62.3 Å². The van der Waals surface area contributed by atoms with Gasteiger partial charge in [0.25, 0.3) is 0 Å². The van der Waals surface area contributed by atoms with Crippen molar-refractivity contribution in [3.63, 3.8) is 0 Å². The Balaban J connectivity index is 1.67. The molecule has 0 N–H and O–H groups in total. The molecule has 3 aromatic rings. The number of halogens is 1. The second-order valence-corrected chi connectivity index (χ2v) is 7.28. The summed E-state index contributed by atoms with van der Waals surface area (Å²) in [6.07, 6.45) is 3.76. The second kappa shape index (κ2) is 8.15. The van der Waals surface area contributed by atoms with Crippen LogP contribution in [0, 0.1) is 0 Å². The Morgan fingerprint density at radius 1 is 1.00 bits per heavy atom. The molecule has 4 rings (SSSR count). The van der Waals surface area contributed by atoms with Crippen molar-refractivity contribution in [1.29, 1.82) is 0 Å². The van der Waals surface area contributed by atoms with E-state index in [9.17, 15) is 4.79 Å². The van der Waals surface area contributed by atoms with Crippen LogP contribution < -0.4 is 10.2 Å². The molecule has 0 bridgehead atoms. The first-order valence-electron chi connectivity index (χ1n) is 9.39. The van der Waals surface area contributed by atoms with E-state index in [2.05, 4.69) is 4.90 Å². The molecule has 0 amide bonds. The van der Waals surface area contributed by atoms with E-state index in [0.717, 1.165) is 25.2 Å². The van der Waals surface area contributed by atoms with Gasteiger partial charge >= 0.3 is 0 Å². The number of benzene rings is 2. The van der Waals surface area contributed by atoms with Crippen LogP contribution in [0.5, 0.6) is 5.75 Å². The molecule has 0 atom stereocenters. The molecule has 0 radical (unpaired) electrons. The first kappa shape index (κ1) is 18.1. The van der Waals surface area contributed by atoms with Gasteiger partial charge in [-0.1, -0.05) is 30.2 Å². The van der Waals surface area contributed by atoms with Gasteiger partial charge in [-0.15, -0.1) is 0 Å². The lowest BCUT2D eigenvalue weighted by Gasteiger charge is -2.26. The number of hydrogen-bond acceptors (Lipinski definition) is 4. The monoisotopic (exact) mass is 383 g/mol. The number of fused-ring (bicyclic) bond motifs is 1. The van der Waals surface area contributed by atoms with E-state index in [1.807, 2.05) is 24.3 Å². The van der Waals surface area contributed by atoms with E-state index in [1.54, 1.807) is 24.3 Å². The van der Waals surface area contributed by atoms with Crippen molar-refractivity contribution in [1.82, 2.24) is 4.90 Å². The molecule has 5 heteroatoms. The minimum atomic E-state index is -0.138. The van der Waals surface area contributed by atoms with Crippen LogP contribution in [-0.2, 0) is 0 Å². The lowest BCUT2D eigenvalue weighted by molar-refractivity contribution is 0.182. The van der Waals surface area contributed by atoms with Crippen LogP contribution in [0.3, 0.4) is 0 Å². The van der Waals surface area contributed by atoms with Crippen molar-refractivity contribution in [2.24, 2.45) is 0 Å². The largest absolute Gasteiger partial charge is 0.485 e. The topological polar surface area (TPSA) is 42.7 Å². The Morgan fingerprint density at radius 2 is 1.74 bits per heavy atom. The van der Waals surface area contributed by atoms with Gasteiger partial charge < -0.3 is 9.15 Å². The minimum Gasteiger partial charge on any atom is -0.485 e. The van der Waals surface area contributed by atoms with Gasteiger partial charge in [0.1, 0.15) is 12.2 Å². The summed E-state index contributed by atoms with van der Waals surface area (Å²) in [6.45, 7) is 3.47. The number of nitrogens with zero attached hydrogens (tertiary/aromatic N) is 1. The maximum Gasteiger partial charge on any atom is 0.235 e.